The third-order valence-corrected chi connectivity index (χ3v) is 10.0. The number of benzene rings is 1. The number of carbonyl (C=O) groups excluding carboxylic acids is 1. The van der Waals surface area contributed by atoms with Gasteiger partial charge in [-0.05, 0) is 49.5 Å². The predicted molar refractivity (Wildman–Crippen MR) is 123 cm³/mol. The van der Waals surface area contributed by atoms with Crippen molar-refractivity contribution in [3.63, 3.8) is 0 Å². The molecule has 0 radical (unpaired) electrons. The van der Waals surface area contributed by atoms with Crippen LogP contribution in [0.1, 0.15) is 61.0 Å². The van der Waals surface area contributed by atoms with Crippen molar-refractivity contribution >= 4 is 37.8 Å². The minimum Gasteiger partial charge on any atom is -0.492 e. The molecule has 1 aromatic carbocycles. The lowest BCUT2D eigenvalue weighted by Crippen LogP contribution is -2.49. The Bertz CT molecular complexity index is 747. The Morgan fingerprint density at radius 2 is 1.69 bits per heavy atom. The zero-order valence-corrected chi connectivity index (χ0v) is 20.6. The lowest BCUT2D eigenvalue weighted by Gasteiger charge is -2.31. The molecule has 0 spiro atoms. The van der Waals surface area contributed by atoms with Crippen LogP contribution in [0.2, 0.25) is 11.1 Å². The molecule has 7 heteroatoms. The molecule has 1 aromatic rings. The SMILES string of the molecule is C=NN(C(=O)/C(Cl)=C(\C)OCc1ccc([Si](F)(C(C)C)C(C)C)cc1)C(C)(C)C. The van der Waals surface area contributed by atoms with Crippen molar-refractivity contribution < 1.29 is 13.6 Å². The molecule has 4 nitrogen and oxygen atoms in total. The maximum absolute atomic E-state index is 15.6. The van der Waals surface area contributed by atoms with Crippen molar-refractivity contribution in [2.45, 2.75) is 78.6 Å². The highest BCUT2D eigenvalue weighted by Crippen LogP contribution is 2.33. The van der Waals surface area contributed by atoms with Crippen molar-refractivity contribution in [3.8, 4) is 0 Å². The van der Waals surface area contributed by atoms with Crippen LogP contribution < -0.4 is 5.19 Å². The minimum absolute atomic E-state index is 0.00354. The van der Waals surface area contributed by atoms with Crippen LogP contribution in [0.4, 0.5) is 4.11 Å². The summed E-state index contributed by atoms with van der Waals surface area (Å²) in [5.74, 6) is -0.165. The summed E-state index contributed by atoms with van der Waals surface area (Å²) in [5, 5.41) is 5.75. The van der Waals surface area contributed by atoms with Gasteiger partial charge in [-0.1, -0.05) is 63.6 Å². The van der Waals surface area contributed by atoms with Gasteiger partial charge in [0.1, 0.15) is 17.4 Å². The van der Waals surface area contributed by atoms with Gasteiger partial charge in [0.2, 0.25) is 0 Å². The van der Waals surface area contributed by atoms with Gasteiger partial charge in [0.05, 0.1) is 5.54 Å². The predicted octanol–water partition coefficient (Wildman–Crippen LogP) is 5.86. The molecule has 0 fully saturated rings. The van der Waals surface area contributed by atoms with E-state index in [2.05, 4.69) is 11.8 Å². The maximum atomic E-state index is 15.6. The van der Waals surface area contributed by atoms with Crippen LogP contribution in [0.15, 0.2) is 40.2 Å². The molecule has 0 aliphatic heterocycles. The molecule has 0 N–H and O–H groups in total. The fraction of sp³-hybridized carbons (Fsp3) is 0.545. The third kappa shape index (κ3) is 5.92. The Balaban J connectivity index is 2.94. The highest BCUT2D eigenvalue weighted by Gasteiger charge is 2.43. The molecule has 0 saturated heterocycles. The summed E-state index contributed by atoms with van der Waals surface area (Å²) >= 11 is 6.21. The van der Waals surface area contributed by atoms with Crippen LogP contribution in [-0.2, 0) is 16.1 Å². The average Bonchev–Trinajstić information content (AvgIpc) is 2.64. The Labute approximate surface area is 181 Å². The summed E-state index contributed by atoms with van der Waals surface area (Å²) in [7, 11) is -3.05. The lowest BCUT2D eigenvalue weighted by molar-refractivity contribution is -0.131. The van der Waals surface area contributed by atoms with E-state index in [-0.39, 0.29) is 22.7 Å². The third-order valence-electron chi connectivity index (χ3n) is 5.00. The summed E-state index contributed by atoms with van der Waals surface area (Å²) in [5.41, 5.74) is 0.334. The number of hydrogen-bond donors (Lipinski definition) is 0. The minimum atomic E-state index is -3.05. The van der Waals surface area contributed by atoms with E-state index in [1.807, 2.05) is 72.7 Å². The first-order valence-electron chi connectivity index (χ1n) is 9.85. The molecule has 29 heavy (non-hydrogen) atoms. The summed E-state index contributed by atoms with van der Waals surface area (Å²) in [6.45, 7) is 18.6. The number of allylic oxidation sites excluding steroid dienone is 1. The molecule has 1 amide bonds. The molecular weight excluding hydrogens is 407 g/mol. The second kappa shape index (κ2) is 9.89. The van der Waals surface area contributed by atoms with E-state index in [0.717, 1.165) is 10.8 Å². The van der Waals surface area contributed by atoms with E-state index < -0.39 is 19.9 Å². The molecule has 0 atom stereocenters. The zero-order valence-electron chi connectivity index (χ0n) is 18.8. The number of hydrazone groups is 1. The normalized spacial score (nSPS) is 13.4. The Hall–Kier alpha value is -1.66. The molecule has 0 heterocycles. The molecule has 0 aliphatic rings. The van der Waals surface area contributed by atoms with E-state index in [9.17, 15) is 4.79 Å². The summed E-state index contributed by atoms with van der Waals surface area (Å²) in [6.07, 6.45) is 0. The fourth-order valence-corrected chi connectivity index (χ4v) is 6.75. The largest absolute Gasteiger partial charge is 0.492 e. The number of halogens is 2. The molecule has 1 rings (SSSR count). The highest BCUT2D eigenvalue weighted by molar-refractivity contribution is 6.88. The van der Waals surface area contributed by atoms with Crippen LogP contribution in [0.3, 0.4) is 0 Å². The van der Waals surface area contributed by atoms with Gasteiger partial charge in [0, 0.05) is 6.72 Å². The maximum Gasteiger partial charge on any atom is 0.289 e. The van der Waals surface area contributed by atoms with Crippen molar-refractivity contribution in [2.75, 3.05) is 0 Å². The van der Waals surface area contributed by atoms with E-state index in [1.54, 1.807) is 6.92 Å². The number of amides is 1. The lowest BCUT2D eigenvalue weighted by atomic mass is 10.1. The molecule has 0 aromatic heterocycles. The van der Waals surface area contributed by atoms with E-state index >= 15 is 4.11 Å². The fourth-order valence-electron chi connectivity index (χ4n) is 3.27. The number of hydrogen-bond acceptors (Lipinski definition) is 3. The number of nitrogens with zero attached hydrogens (tertiary/aromatic N) is 2. The van der Waals surface area contributed by atoms with Crippen molar-refractivity contribution in [3.05, 3.63) is 40.6 Å². The van der Waals surface area contributed by atoms with Gasteiger partial charge in [-0.25, -0.2) is 5.01 Å². The van der Waals surface area contributed by atoms with E-state index in [1.165, 1.54) is 5.01 Å². The molecule has 0 bridgehead atoms. The van der Waals surface area contributed by atoms with Gasteiger partial charge in [0.15, 0.2) is 0 Å². The summed E-state index contributed by atoms with van der Waals surface area (Å²) < 4.78 is 21.3. The number of ether oxygens (including phenoxy) is 1. The van der Waals surface area contributed by atoms with Crippen LogP contribution >= 0.6 is 11.6 Å². The standard InChI is InChI=1S/C22H34ClFN2O2Si/c1-15(2)29(24,16(3)4)19-12-10-18(11-13-19)14-28-17(5)20(23)21(27)26(25-9)22(6,7)8/h10-13,15-16H,9,14H2,1-8H3/b20-17-. The zero-order chi connectivity index (χ0) is 22.6. The Morgan fingerprint density at radius 1 is 1.21 bits per heavy atom. The first-order valence-corrected chi connectivity index (χ1v) is 12.3. The first kappa shape index (κ1) is 25.4. The molecule has 0 aliphatic carbocycles. The molecule has 0 unspecified atom stereocenters. The van der Waals surface area contributed by atoms with Gasteiger partial charge in [-0.2, -0.15) is 5.10 Å². The van der Waals surface area contributed by atoms with Gasteiger partial charge in [-0.3, -0.25) is 4.79 Å². The van der Waals surface area contributed by atoms with Crippen LogP contribution in [0, 0.1) is 0 Å². The Morgan fingerprint density at radius 3 is 2.07 bits per heavy atom. The smallest absolute Gasteiger partial charge is 0.289 e. The van der Waals surface area contributed by atoms with E-state index in [4.69, 9.17) is 16.3 Å². The molecule has 162 valence electrons. The number of carbonyl (C=O) groups is 1. The van der Waals surface area contributed by atoms with Crippen LogP contribution in [0.25, 0.3) is 0 Å². The average molecular weight is 441 g/mol. The van der Waals surface area contributed by atoms with Crippen molar-refractivity contribution in [2.24, 2.45) is 5.10 Å². The van der Waals surface area contributed by atoms with Crippen LogP contribution in [-0.4, -0.2) is 31.6 Å². The summed E-state index contributed by atoms with van der Waals surface area (Å²) in [6, 6.07) is 7.47. The van der Waals surface area contributed by atoms with Crippen molar-refractivity contribution in [1.29, 1.82) is 0 Å². The van der Waals surface area contributed by atoms with Crippen LogP contribution in [0.5, 0.6) is 0 Å². The summed E-state index contributed by atoms with van der Waals surface area (Å²) in [4.78, 5) is 12.5. The molecular formula is C22H34ClFN2O2Si. The quantitative estimate of drug-likeness (QED) is 0.127. The second-order valence-electron chi connectivity index (χ2n) is 8.86. The van der Waals surface area contributed by atoms with Crippen molar-refractivity contribution in [1.82, 2.24) is 5.01 Å². The Kier molecular flexibility index (Phi) is 8.66. The van der Waals surface area contributed by atoms with E-state index in [0.29, 0.717) is 5.76 Å². The topological polar surface area (TPSA) is 41.9 Å². The van der Waals surface area contributed by atoms with Gasteiger partial charge in [0.25, 0.3) is 14.3 Å². The number of rotatable bonds is 8. The highest BCUT2D eigenvalue weighted by atomic mass is 35.5. The monoisotopic (exact) mass is 440 g/mol. The van der Waals surface area contributed by atoms with Gasteiger partial charge in [-0.15, -0.1) is 0 Å². The van der Waals surface area contributed by atoms with Gasteiger partial charge >= 0.3 is 0 Å². The first-order chi connectivity index (χ1) is 13.3. The van der Waals surface area contributed by atoms with Gasteiger partial charge < -0.3 is 8.84 Å². The molecule has 0 saturated carbocycles. The second-order valence-corrected chi connectivity index (χ2v) is 13.7.